The Morgan fingerprint density at radius 3 is 2.93 bits per heavy atom. The van der Waals surface area contributed by atoms with Gasteiger partial charge in [0.25, 0.3) is 0 Å². The third-order valence-electron chi connectivity index (χ3n) is 2.34. The van der Waals surface area contributed by atoms with Gasteiger partial charge < -0.3 is 4.57 Å². The molecule has 0 saturated heterocycles. The number of nitriles is 1. The van der Waals surface area contributed by atoms with E-state index in [1.807, 2.05) is 42.0 Å². The van der Waals surface area contributed by atoms with Crippen molar-refractivity contribution in [3.63, 3.8) is 0 Å². The smallest absolute Gasteiger partial charge is 0.141 e. The van der Waals surface area contributed by atoms with Crippen LogP contribution in [0.25, 0.3) is 11.4 Å². The third kappa shape index (κ3) is 1.75. The molecule has 3 heteroatoms. The van der Waals surface area contributed by atoms with Gasteiger partial charge in [0.1, 0.15) is 12.4 Å². The molecule has 0 atom stereocenters. The minimum absolute atomic E-state index is 0.337. The molecule has 0 aliphatic heterocycles. The van der Waals surface area contributed by atoms with Crippen LogP contribution in [0.15, 0.2) is 36.7 Å². The number of aryl methyl sites for hydroxylation is 1. The van der Waals surface area contributed by atoms with E-state index >= 15 is 0 Å². The van der Waals surface area contributed by atoms with Gasteiger partial charge >= 0.3 is 0 Å². The second kappa shape index (κ2) is 3.97. The molecule has 2 aromatic rings. The number of benzene rings is 1. The highest BCUT2D eigenvalue weighted by atomic mass is 15.1. The Kier molecular flexibility index (Phi) is 2.51. The molecule has 0 spiro atoms. The van der Waals surface area contributed by atoms with Gasteiger partial charge in [0, 0.05) is 18.0 Å². The van der Waals surface area contributed by atoms with E-state index in [0.29, 0.717) is 6.54 Å². The van der Waals surface area contributed by atoms with E-state index in [9.17, 15) is 0 Å². The molecule has 0 amide bonds. The van der Waals surface area contributed by atoms with Gasteiger partial charge in [0.15, 0.2) is 0 Å². The van der Waals surface area contributed by atoms with Crippen molar-refractivity contribution in [2.45, 2.75) is 13.5 Å². The summed E-state index contributed by atoms with van der Waals surface area (Å²) in [5.41, 5.74) is 2.25. The van der Waals surface area contributed by atoms with E-state index < -0.39 is 0 Å². The largest absolute Gasteiger partial charge is 0.317 e. The molecule has 1 heterocycles. The Bertz CT molecular complexity index is 506. The highest BCUT2D eigenvalue weighted by Crippen LogP contribution is 2.20. The molecule has 0 N–H and O–H groups in total. The minimum atomic E-state index is 0.337. The van der Waals surface area contributed by atoms with Crippen molar-refractivity contribution in [2.24, 2.45) is 0 Å². The predicted molar refractivity (Wildman–Crippen MR) is 58.0 cm³/mol. The molecule has 0 unspecified atom stereocenters. The van der Waals surface area contributed by atoms with E-state index in [1.165, 1.54) is 5.56 Å². The van der Waals surface area contributed by atoms with Crippen LogP contribution in [0.5, 0.6) is 0 Å². The van der Waals surface area contributed by atoms with Gasteiger partial charge in [-0.2, -0.15) is 5.26 Å². The Labute approximate surface area is 88.6 Å². The molecule has 0 saturated carbocycles. The fraction of sp³-hybridized carbons (Fsp3) is 0.167. The number of rotatable bonds is 2. The zero-order chi connectivity index (χ0) is 10.7. The Morgan fingerprint density at radius 1 is 1.40 bits per heavy atom. The van der Waals surface area contributed by atoms with Crippen LogP contribution < -0.4 is 0 Å². The monoisotopic (exact) mass is 197 g/mol. The highest BCUT2D eigenvalue weighted by molar-refractivity contribution is 5.60. The van der Waals surface area contributed by atoms with Crippen LogP contribution in [0, 0.1) is 18.3 Å². The van der Waals surface area contributed by atoms with Crippen molar-refractivity contribution in [2.75, 3.05) is 0 Å². The lowest BCUT2D eigenvalue weighted by Crippen LogP contribution is -1.98. The Morgan fingerprint density at radius 2 is 2.20 bits per heavy atom. The van der Waals surface area contributed by atoms with Gasteiger partial charge in [0.2, 0.25) is 0 Å². The van der Waals surface area contributed by atoms with E-state index in [1.54, 1.807) is 6.20 Å². The summed E-state index contributed by atoms with van der Waals surface area (Å²) < 4.78 is 1.85. The predicted octanol–water partition coefficient (Wildman–Crippen LogP) is 2.38. The van der Waals surface area contributed by atoms with Gasteiger partial charge in [-0.05, 0) is 12.5 Å². The zero-order valence-electron chi connectivity index (χ0n) is 8.51. The number of aromatic nitrogens is 2. The second-order valence-electron chi connectivity index (χ2n) is 3.35. The summed E-state index contributed by atoms with van der Waals surface area (Å²) in [4.78, 5) is 4.28. The van der Waals surface area contributed by atoms with Crippen molar-refractivity contribution < 1.29 is 0 Å². The highest BCUT2D eigenvalue weighted by Gasteiger charge is 2.06. The van der Waals surface area contributed by atoms with E-state index in [4.69, 9.17) is 5.26 Å². The minimum Gasteiger partial charge on any atom is -0.317 e. The standard InChI is InChI=1S/C12H11N3/c1-10-4-2-3-5-11(10)12-14-7-9-15(12)8-6-13/h2-5,7,9H,8H2,1H3. The van der Waals surface area contributed by atoms with E-state index in [-0.39, 0.29) is 0 Å². The number of hydrogen-bond donors (Lipinski definition) is 0. The number of hydrogen-bond acceptors (Lipinski definition) is 2. The summed E-state index contributed by atoms with van der Waals surface area (Å²) in [6.45, 7) is 2.38. The normalized spacial score (nSPS) is 9.87. The first kappa shape index (κ1) is 9.47. The van der Waals surface area contributed by atoms with Gasteiger partial charge in [0.05, 0.1) is 6.07 Å². The van der Waals surface area contributed by atoms with Crippen LogP contribution in [-0.4, -0.2) is 9.55 Å². The maximum atomic E-state index is 8.68. The topological polar surface area (TPSA) is 41.6 Å². The average molecular weight is 197 g/mol. The molecule has 0 aliphatic rings. The van der Waals surface area contributed by atoms with Crippen LogP contribution >= 0.6 is 0 Å². The first-order valence-corrected chi connectivity index (χ1v) is 4.77. The molecule has 0 fully saturated rings. The van der Waals surface area contributed by atoms with Crippen LogP contribution in [0.1, 0.15) is 5.56 Å². The first-order valence-electron chi connectivity index (χ1n) is 4.77. The maximum Gasteiger partial charge on any atom is 0.141 e. The summed E-state index contributed by atoms with van der Waals surface area (Å²) in [7, 11) is 0. The lowest BCUT2D eigenvalue weighted by atomic mass is 10.1. The van der Waals surface area contributed by atoms with Crippen molar-refractivity contribution in [3.8, 4) is 17.5 Å². The quantitative estimate of drug-likeness (QED) is 0.741. The lowest BCUT2D eigenvalue weighted by molar-refractivity contribution is 0.840. The third-order valence-corrected chi connectivity index (χ3v) is 2.34. The summed E-state index contributed by atoms with van der Waals surface area (Å²) in [5.74, 6) is 0.856. The Hall–Kier alpha value is -2.08. The van der Waals surface area contributed by atoms with Crippen molar-refractivity contribution in [3.05, 3.63) is 42.2 Å². The summed E-state index contributed by atoms with van der Waals surface area (Å²) in [6.07, 6.45) is 3.55. The van der Waals surface area contributed by atoms with Crippen LogP contribution in [0.4, 0.5) is 0 Å². The van der Waals surface area contributed by atoms with Crippen LogP contribution in [0.2, 0.25) is 0 Å². The molecule has 74 valence electrons. The van der Waals surface area contributed by atoms with Crippen molar-refractivity contribution in [1.29, 1.82) is 5.26 Å². The van der Waals surface area contributed by atoms with Crippen molar-refractivity contribution >= 4 is 0 Å². The summed E-state index contributed by atoms with van der Waals surface area (Å²) in [6, 6.07) is 10.2. The Balaban J connectivity index is 2.51. The van der Waals surface area contributed by atoms with Crippen molar-refractivity contribution in [1.82, 2.24) is 9.55 Å². The van der Waals surface area contributed by atoms with E-state index in [2.05, 4.69) is 11.1 Å². The van der Waals surface area contributed by atoms with Gasteiger partial charge in [-0.3, -0.25) is 0 Å². The SMILES string of the molecule is Cc1ccccc1-c1nccn1CC#N. The summed E-state index contributed by atoms with van der Waals surface area (Å²) in [5, 5.41) is 8.68. The molecule has 0 radical (unpaired) electrons. The molecule has 0 aliphatic carbocycles. The van der Waals surface area contributed by atoms with Gasteiger partial charge in [-0.15, -0.1) is 0 Å². The van der Waals surface area contributed by atoms with E-state index in [0.717, 1.165) is 11.4 Å². The molecule has 0 bridgehead atoms. The second-order valence-corrected chi connectivity index (χ2v) is 3.35. The number of imidazole rings is 1. The molecule has 15 heavy (non-hydrogen) atoms. The molecular formula is C12H11N3. The summed E-state index contributed by atoms with van der Waals surface area (Å²) >= 11 is 0. The molecule has 3 nitrogen and oxygen atoms in total. The maximum absolute atomic E-state index is 8.68. The number of nitrogens with zero attached hydrogens (tertiary/aromatic N) is 3. The molecule has 2 rings (SSSR count). The fourth-order valence-corrected chi connectivity index (χ4v) is 1.58. The van der Waals surface area contributed by atoms with Gasteiger partial charge in [-0.25, -0.2) is 4.98 Å². The zero-order valence-corrected chi connectivity index (χ0v) is 8.51. The average Bonchev–Trinajstić information content (AvgIpc) is 2.67. The van der Waals surface area contributed by atoms with Crippen LogP contribution in [-0.2, 0) is 6.54 Å². The molecular weight excluding hydrogens is 186 g/mol. The van der Waals surface area contributed by atoms with Gasteiger partial charge in [-0.1, -0.05) is 24.3 Å². The fourth-order valence-electron chi connectivity index (χ4n) is 1.58. The van der Waals surface area contributed by atoms with Crippen LogP contribution in [0.3, 0.4) is 0 Å². The molecule has 1 aromatic carbocycles. The lowest BCUT2D eigenvalue weighted by Gasteiger charge is -2.06. The first-order chi connectivity index (χ1) is 7.33. The molecule has 1 aromatic heterocycles.